The molecule has 1 rings (SSSR count). The van der Waals surface area contributed by atoms with E-state index in [1.807, 2.05) is 6.92 Å². The van der Waals surface area contributed by atoms with Crippen molar-refractivity contribution in [3.63, 3.8) is 0 Å². The lowest BCUT2D eigenvalue weighted by molar-refractivity contribution is 0.149. The van der Waals surface area contributed by atoms with Crippen molar-refractivity contribution in [3.05, 3.63) is 18.0 Å². The first-order valence-corrected chi connectivity index (χ1v) is 4.10. The Hall–Kier alpha value is -0.870. The van der Waals surface area contributed by atoms with Crippen molar-refractivity contribution >= 4 is 0 Å². The number of ether oxygens (including phenoxy) is 1. The van der Waals surface area contributed by atoms with Crippen LogP contribution in [0.25, 0.3) is 0 Å². The van der Waals surface area contributed by atoms with Crippen molar-refractivity contribution in [1.82, 2.24) is 10.5 Å². The van der Waals surface area contributed by atoms with Gasteiger partial charge in [0.05, 0.1) is 12.8 Å². The number of aromatic nitrogens is 1. The van der Waals surface area contributed by atoms with Gasteiger partial charge in [-0.05, 0) is 6.92 Å². The van der Waals surface area contributed by atoms with Gasteiger partial charge in [0.2, 0.25) is 0 Å². The maximum absolute atomic E-state index is 5.15. The van der Waals surface area contributed by atoms with Crippen molar-refractivity contribution in [2.45, 2.75) is 13.5 Å². The quantitative estimate of drug-likeness (QED) is 0.641. The van der Waals surface area contributed by atoms with E-state index in [4.69, 9.17) is 4.74 Å². The molecule has 0 aromatic carbocycles. The second-order valence-electron chi connectivity index (χ2n) is 2.41. The highest BCUT2D eigenvalue weighted by atomic mass is 16.5. The van der Waals surface area contributed by atoms with Crippen LogP contribution in [0.2, 0.25) is 0 Å². The van der Waals surface area contributed by atoms with E-state index in [1.54, 1.807) is 12.5 Å². The topological polar surface area (TPSA) is 47.3 Å². The minimum Gasteiger partial charge on any atom is -0.380 e. The SMILES string of the molecule is CCOCCNCc1cnoc1. The fourth-order valence-corrected chi connectivity index (χ4v) is 0.835. The Kier molecular flexibility index (Phi) is 4.41. The Morgan fingerprint density at radius 2 is 2.58 bits per heavy atom. The maximum atomic E-state index is 5.15. The van der Waals surface area contributed by atoms with Crippen LogP contribution in [0.5, 0.6) is 0 Å². The first-order chi connectivity index (χ1) is 5.93. The lowest BCUT2D eigenvalue weighted by atomic mass is 10.4. The van der Waals surface area contributed by atoms with Crippen LogP contribution in [0.15, 0.2) is 17.0 Å². The number of hydrogen-bond donors (Lipinski definition) is 1. The van der Waals surface area contributed by atoms with Crippen LogP contribution in [-0.4, -0.2) is 24.9 Å². The van der Waals surface area contributed by atoms with Gasteiger partial charge >= 0.3 is 0 Å². The molecule has 0 amide bonds. The summed E-state index contributed by atoms with van der Waals surface area (Å²) in [6, 6.07) is 0. The normalized spacial score (nSPS) is 10.4. The summed E-state index contributed by atoms with van der Waals surface area (Å²) in [5.74, 6) is 0. The summed E-state index contributed by atoms with van der Waals surface area (Å²) in [5.41, 5.74) is 1.06. The highest BCUT2D eigenvalue weighted by Crippen LogP contribution is 1.93. The second kappa shape index (κ2) is 5.74. The fraction of sp³-hybridized carbons (Fsp3) is 0.625. The monoisotopic (exact) mass is 170 g/mol. The molecule has 68 valence electrons. The Morgan fingerprint density at radius 1 is 1.67 bits per heavy atom. The van der Waals surface area contributed by atoms with Crippen LogP contribution < -0.4 is 5.32 Å². The number of hydrogen-bond acceptors (Lipinski definition) is 4. The lowest BCUT2D eigenvalue weighted by Gasteiger charge is -2.01. The molecule has 4 nitrogen and oxygen atoms in total. The Labute approximate surface area is 71.9 Å². The molecular formula is C8H14N2O2. The first-order valence-electron chi connectivity index (χ1n) is 4.10. The molecule has 12 heavy (non-hydrogen) atoms. The number of nitrogens with zero attached hydrogens (tertiary/aromatic N) is 1. The van der Waals surface area contributed by atoms with Gasteiger partial charge in [-0.2, -0.15) is 0 Å². The summed E-state index contributed by atoms with van der Waals surface area (Å²) >= 11 is 0. The van der Waals surface area contributed by atoms with Crippen molar-refractivity contribution in [1.29, 1.82) is 0 Å². The summed E-state index contributed by atoms with van der Waals surface area (Å²) < 4.78 is 9.82. The molecule has 0 aliphatic carbocycles. The van der Waals surface area contributed by atoms with Crippen molar-refractivity contribution < 1.29 is 9.26 Å². The maximum Gasteiger partial charge on any atom is 0.128 e. The van der Waals surface area contributed by atoms with Crippen LogP contribution >= 0.6 is 0 Å². The second-order valence-corrected chi connectivity index (χ2v) is 2.41. The van der Waals surface area contributed by atoms with Crippen molar-refractivity contribution in [2.75, 3.05) is 19.8 Å². The molecule has 1 aromatic heterocycles. The van der Waals surface area contributed by atoms with Gasteiger partial charge in [0, 0.05) is 25.3 Å². The molecule has 0 aliphatic rings. The van der Waals surface area contributed by atoms with Gasteiger partial charge in [-0.1, -0.05) is 5.16 Å². The molecule has 0 saturated carbocycles. The van der Waals surface area contributed by atoms with Gasteiger partial charge in [-0.15, -0.1) is 0 Å². The Balaban J connectivity index is 1.96. The summed E-state index contributed by atoms with van der Waals surface area (Å²) in [6.07, 6.45) is 3.33. The molecule has 0 fully saturated rings. The van der Waals surface area contributed by atoms with Gasteiger partial charge in [0.15, 0.2) is 0 Å². The highest BCUT2D eigenvalue weighted by Gasteiger charge is 1.93. The van der Waals surface area contributed by atoms with Crippen LogP contribution in [0.4, 0.5) is 0 Å². The van der Waals surface area contributed by atoms with Crippen molar-refractivity contribution in [2.24, 2.45) is 0 Å². The largest absolute Gasteiger partial charge is 0.380 e. The molecule has 0 atom stereocenters. The Morgan fingerprint density at radius 3 is 3.25 bits per heavy atom. The Bertz CT molecular complexity index is 187. The molecule has 1 N–H and O–H groups in total. The van der Waals surface area contributed by atoms with Gasteiger partial charge < -0.3 is 14.6 Å². The van der Waals surface area contributed by atoms with E-state index in [1.165, 1.54) is 0 Å². The molecule has 0 aliphatic heterocycles. The molecule has 0 saturated heterocycles. The molecule has 0 bridgehead atoms. The summed E-state index contributed by atoms with van der Waals surface area (Å²) in [6.45, 7) is 5.16. The molecule has 1 heterocycles. The fourth-order valence-electron chi connectivity index (χ4n) is 0.835. The molecule has 0 radical (unpaired) electrons. The molecule has 0 unspecified atom stereocenters. The zero-order valence-corrected chi connectivity index (χ0v) is 7.25. The van der Waals surface area contributed by atoms with Crippen LogP contribution in [0.3, 0.4) is 0 Å². The smallest absolute Gasteiger partial charge is 0.128 e. The van der Waals surface area contributed by atoms with Crippen molar-refractivity contribution in [3.8, 4) is 0 Å². The third-order valence-electron chi connectivity index (χ3n) is 1.44. The van der Waals surface area contributed by atoms with E-state index in [-0.39, 0.29) is 0 Å². The van der Waals surface area contributed by atoms with E-state index in [9.17, 15) is 0 Å². The van der Waals surface area contributed by atoms with E-state index < -0.39 is 0 Å². The minimum atomic E-state index is 0.752. The van der Waals surface area contributed by atoms with E-state index in [0.29, 0.717) is 0 Å². The van der Waals surface area contributed by atoms with E-state index in [2.05, 4.69) is 15.0 Å². The minimum absolute atomic E-state index is 0.752. The summed E-state index contributed by atoms with van der Waals surface area (Å²) in [5, 5.41) is 6.79. The number of nitrogens with one attached hydrogen (secondary N) is 1. The first kappa shape index (κ1) is 9.22. The van der Waals surface area contributed by atoms with Crippen LogP contribution in [0.1, 0.15) is 12.5 Å². The third-order valence-corrected chi connectivity index (χ3v) is 1.44. The molecule has 4 heteroatoms. The molecule has 1 aromatic rings. The van der Waals surface area contributed by atoms with Crippen LogP contribution in [0, 0.1) is 0 Å². The average molecular weight is 170 g/mol. The predicted molar refractivity (Wildman–Crippen MR) is 44.7 cm³/mol. The van der Waals surface area contributed by atoms with Gasteiger partial charge in [-0.3, -0.25) is 0 Å². The van der Waals surface area contributed by atoms with Gasteiger partial charge in [0.1, 0.15) is 6.26 Å². The highest BCUT2D eigenvalue weighted by molar-refractivity contribution is 4.98. The number of rotatable bonds is 6. The standard InChI is InChI=1S/C8H14N2O2/c1-2-11-4-3-9-5-8-6-10-12-7-8/h6-7,9H,2-5H2,1H3. The predicted octanol–water partition coefficient (Wildman–Crippen LogP) is 0.801. The van der Waals surface area contributed by atoms with Gasteiger partial charge in [0.25, 0.3) is 0 Å². The van der Waals surface area contributed by atoms with Crippen LogP contribution in [-0.2, 0) is 11.3 Å². The lowest BCUT2D eigenvalue weighted by Crippen LogP contribution is -2.18. The average Bonchev–Trinajstić information content (AvgIpc) is 2.57. The molecular weight excluding hydrogens is 156 g/mol. The van der Waals surface area contributed by atoms with E-state index >= 15 is 0 Å². The van der Waals surface area contributed by atoms with E-state index in [0.717, 1.165) is 31.9 Å². The zero-order valence-electron chi connectivity index (χ0n) is 7.25. The molecule has 0 spiro atoms. The summed E-state index contributed by atoms with van der Waals surface area (Å²) in [7, 11) is 0. The van der Waals surface area contributed by atoms with Gasteiger partial charge in [-0.25, -0.2) is 0 Å². The summed E-state index contributed by atoms with van der Waals surface area (Å²) in [4.78, 5) is 0. The third kappa shape index (κ3) is 3.50. The zero-order chi connectivity index (χ0) is 8.65.